The van der Waals surface area contributed by atoms with Crippen LogP contribution in [-0.4, -0.2) is 22.0 Å². The first kappa shape index (κ1) is 13.3. The molecule has 1 aromatic heterocycles. The van der Waals surface area contributed by atoms with Gasteiger partial charge in [-0.15, -0.1) is 0 Å². The highest BCUT2D eigenvalue weighted by molar-refractivity contribution is 5.92. The molecule has 0 unspecified atom stereocenters. The normalized spacial score (nSPS) is 19.8. The highest BCUT2D eigenvalue weighted by Crippen LogP contribution is 2.37. The third-order valence-corrected chi connectivity index (χ3v) is 3.90. The second-order valence-electron chi connectivity index (χ2n) is 5.59. The second-order valence-corrected chi connectivity index (χ2v) is 5.59. The van der Waals surface area contributed by atoms with E-state index in [0.717, 1.165) is 38.5 Å². The first-order valence-electron chi connectivity index (χ1n) is 7.29. The molecule has 0 aromatic carbocycles. The molecule has 2 fully saturated rings. The standard InChI is InChI=1S/C14H19N3O3/c18-13-11(8-15-12(16-13)9-6-7-9)14(19)17-20-10-4-2-1-3-5-10/h8-10H,1-7H2,(H,17,19)(H,15,16,18). The van der Waals surface area contributed by atoms with Gasteiger partial charge in [0.2, 0.25) is 0 Å². The Balaban J connectivity index is 1.60. The van der Waals surface area contributed by atoms with Gasteiger partial charge in [-0.25, -0.2) is 10.5 Å². The van der Waals surface area contributed by atoms with Crippen LogP contribution in [0.3, 0.4) is 0 Å². The smallest absolute Gasteiger partial charge is 0.282 e. The minimum atomic E-state index is -0.522. The first-order chi connectivity index (χ1) is 9.74. The summed E-state index contributed by atoms with van der Waals surface area (Å²) in [4.78, 5) is 35.9. The van der Waals surface area contributed by atoms with Gasteiger partial charge in [-0.3, -0.25) is 14.4 Å². The fraction of sp³-hybridized carbons (Fsp3) is 0.643. The molecule has 0 atom stereocenters. The lowest BCUT2D eigenvalue weighted by Gasteiger charge is -2.21. The van der Waals surface area contributed by atoms with Gasteiger partial charge in [0.25, 0.3) is 11.5 Å². The van der Waals surface area contributed by atoms with E-state index in [1.807, 2.05) is 0 Å². The maximum atomic E-state index is 11.9. The van der Waals surface area contributed by atoms with Crippen molar-refractivity contribution >= 4 is 5.91 Å². The lowest BCUT2D eigenvalue weighted by molar-refractivity contribution is -0.0313. The molecule has 2 saturated carbocycles. The maximum Gasteiger partial charge on any atom is 0.282 e. The molecule has 20 heavy (non-hydrogen) atoms. The van der Waals surface area contributed by atoms with E-state index in [0.29, 0.717) is 11.7 Å². The number of hydroxylamine groups is 1. The molecule has 2 aliphatic carbocycles. The van der Waals surface area contributed by atoms with Crippen LogP contribution in [0.2, 0.25) is 0 Å². The van der Waals surface area contributed by atoms with Crippen LogP contribution in [0.25, 0.3) is 0 Å². The van der Waals surface area contributed by atoms with Crippen molar-refractivity contribution < 1.29 is 9.63 Å². The SMILES string of the molecule is O=C(NOC1CCCCC1)c1cnc(C2CC2)[nH]c1=O. The minimum absolute atomic E-state index is 0.00482. The van der Waals surface area contributed by atoms with Gasteiger partial charge in [0.1, 0.15) is 11.4 Å². The third kappa shape index (κ3) is 3.07. The summed E-state index contributed by atoms with van der Waals surface area (Å²) in [6.45, 7) is 0. The highest BCUT2D eigenvalue weighted by Gasteiger charge is 2.27. The van der Waals surface area contributed by atoms with E-state index in [-0.39, 0.29) is 11.7 Å². The molecule has 0 aliphatic heterocycles. The number of hydrogen-bond donors (Lipinski definition) is 2. The zero-order valence-electron chi connectivity index (χ0n) is 11.4. The zero-order valence-corrected chi connectivity index (χ0v) is 11.4. The highest BCUT2D eigenvalue weighted by atomic mass is 16.7. The summed E-state index contributed by atoms with van der Waals surface area (Å²) < 4.78 is 0. The summed E-state index contributed by atoms with van der Waals surface area (Å²) in [6.07, 6.45) is 8.89. The van der Waals surface area contributed by atoms with Gasteiger partial charge in [0, 0.05) is 12.1 Å². The first-order valence-corrected chi connectivity index (χ1v) is 7.29. The molecular formula is C14H19N3O3. The van der Waals surface area contributed by atoms with Crippen LogP contribution < -0.4 is 11.0 Å². The molecule has 1 aromatic rings. The van der Waals surface area contributed by atoms with E-state index in [1.54, 1.807) is 0 Å². The number of nitrogens with zero attached hydrogens (tertiary/aromatic N) is 1. The Bertz CT molecular complexity index is 545. The fourth-order valence-electron chi connectivity index (χ4n) is 2.51. The van der Waals surface area contributed by atoms with Crippen molar-refractivity contribution in [2.75, 3.05) is 0 Å². The Labute approximate surface area is 116 Å². The van der Waals surface area contributed by atoms with Gasteiger partial charge < -0.3 is 4.98 Å². The molecule has 6 nitrogen and oxygen atoms in total. The van der Waals surface area contributed by atoms with Crippen molar-refractivity contribution in [3.8, 4) is 0 Å². The quantitative estimate of drug-likeness (QED) is 0.819. The molecule has 0 spiro atoms. The third-order valence-electron chi connectivity index (χ3n) is 3.90. The number of nitrogens with one attached hydrogen (secondary N) is 2. The van der Waals surface area contributed by atoms with Crippen molar-refractivity contribution in [2.45, 2.75) is 57.0 Å². The average molecular weight is 277 g/mol. The van der Waals surface area contributed by atoms with E-state index in [2.05, 4.69) is 15.4 Å². The van der Waals surface area contributed by atoms with Crippen molar-refractivity contribution in [3.63, 3.8) is 0 Å². The van der Waals surface area contributed by atoms with E-state index in [9.17, 15) is 9.59 Å². The van der Waals surface area contributed by atoms with Crippen LogP contribution in [0.5, 0.6) is 0 Å². The zero-order chi connectivity index (χ0) is 13.9. The van der Waals surface area contributed by atoms with Gasteiger partial charge in [-0.2, -0.15) is 0 Å². The molecule has 2 aliphatic rings. The van der Waals surface area contributed by atoms with Gasteiger partial charge in [0.15, 0.2) is 0 Å². The number of hydrogen-bond acceptors (Lipinski definition) is 4. The average Bonchev–Trinajstić information content (AvgIpc) is 3.30. The number of aromatic amines is 1. The lowest BCUT2D eigenvalue weighted by Crippen LogP contribution is -2.34. The van der Waals surface area contributed by atoms with Crippen LogP contribution in [0.4, 0.5) is 0 Å². The van der Waals surface area contributed by atoms with Gasteiger partial charge >= 0.3 is 0 Å². The molecule has 0 bridgehead atoms. The summed E-state index contributed by atoms with van der Waals surface area (Å²) in [6, 6.07) is 0. The Morgan fingerprint density at radius 2 is 2.00 bits per heavy atom. The van der Waals surface area contributed by atoms with Crippen LogP contribution in [0.1, 0.15) is 67.0 Å². The molecule has 3 rings (SSSR count). The Hall–Kier alpha value is -1.69. The summed E-state index contributed by atoms with van der Waals surface area (Å²) in [5.41, 5.74) is 1.98. The number of carbonyl (C=O) groups excluding carboxylic acids is 1. The van der Waals surface area contributed by atoms with Gasteiger partial charge in [0.05, 0.1) is 6.10 Å². The number of H-pyrrole nitrogens is 1. The summed E-state index contributed by atoms with van der Waals surface area (Å²) in [7, 11) is 0. The predicted octanol–water partition coefficient (Wildman–Crippen LogP) is 1.64. The lowest BCUT2D eigenvalue weighted by atomic mass is 9.98. The Kier molecular flexibility index (Phi) is 3.82. The van der Waals surface area contributed by atoms with Gasteiger partial charge in [-0.1, -0.05) is 19.3 Å². The van der Waals surface area contributed by atoms with Crippen molar-refractivity contribution in [1.29, 1.82) is 0 Å². The molecule has 6 heteroatoms. The minimum Gasteiger partial charge on any atom is -0.310 e. The van der Waals surface area contributed by atoms with Gasteiger partial charge in [-0.05, 0) is 25.7 Å². The monoisotopic (exact) mass is 277 g/mol. The van der Waals surface area contributed by atoms with Crippen LogP contribution in [0.15, 0.2) is 11.0 Å². The van der Waals surface area contributed by atoms with Crippen molar-refractivity contribution in [3.05, 3.63) is 27.9 Å². The molecule has 2 N–H and O–H groups in total. The molecule has 0 radical (unpaired) electrons. The number of aromatic nitrogens is 2. The molecular weight excluding hydrogens is 258 g/mol. The summed E-state index contributed by atoms with van der Waals surface area (Å²) >= 11 is 0. The Morgan fingerprint density at radius 1 is 1.25 bits per heavy atom. The summed E-state index contributed by atoms with van der Waals surface area (Å²) in [5.74, 6) is 0.518. The van der Waals surface area contributed by atoms with Crippen molar-refractivity contribution in [2.24, 2.45) is 0 Å². The maximum absolute atomic E-state index is 11.9. The van der Waals surface area contributed by atoms with E-state index >= 15 is 0 Å². The fourth-order valence-corrected chi connectivity index (χ4v) is 2.51. The summed E-state index contributed by atoms with van der Waals surface area (Å²) in [5, 5.41) is 0. The van der Waals surface area contributed by atoms with Crippen LogP contribution >= 0.6 is 0 Å². The van der Waals surface area contributed by atoms with E-state index in [1.165, 1.54) is 12.6 Å². The van der Waals surface area contributed by atoms with Crippen molar-refractivity contribution in [1.82, 2.24) is 15.4 Å². The number of amides is 1. The largest absolute Gasteiger partial charge is 0.310 e. The molecule has 1 amide bonds. The number of rotatable bonds is 4. The molecule has 1 heterocycles. The van der Waals surface area contributed by atoms with E-state index in [4.69, 9.17) is 4.84 Å². The van der Waals surface area contributed by atoms with Crippen LogP contribution in [0, 0.1) is 0 Å². The van der Waals surface area contributed by atoms with E-state index < -0.39 is 11.5 Å². The predicted molar refractivity (Wildman–Crippen MR) is 72.3 cm³/mol. The topological polar surface area (TPSA) is 84.1 Å². The second kappa shape index (κ2) is 5.75. The van der Waals surface area contributed by atoms with Crippen LogP contribution in [-0.2, 0) is 4.84 Å². The number of carbonyl (C=O) groups is 1. The molecule has 108 valence electrons. The molecule has 0 saturated heterocycles. The Morgan fingerprint density at radius 3 is 2.65 bits per heavy atom.